The second-order valence-corrected chi connectivity index (χ2v) is 5.10. The Balaban J connectivity index is 1.65. The Morgan fingerprint density at radius 3 is 2.62 bits per heavy atom. The third-order valence-corrected chi connectivity index (χ3v) is 3.73. The molecular formula is C15H18N4O2. The predicted octanol–water partition coefficient (Wildman–Crippen LogP) is 1.53. The first kappa shape index (κ1) is 13.5. The zero-order valence-electron chi connectivity index (χ0n) is 12.0. The van der Waals surface area contributed by atoms with Crippen molar-refractivity contribution in [2.45, 2.75) is 6.92 Å². The van der Waals surface area contributed by atoms with Crippen LogP contribution in [0, 0.1) is 6.92 Å². The average molecular weight is 286 g/mol. The first-order valence-electron chi connectivity index (χ1n) is 6.96. The first-order valence-corrected chi connectivity index (χ1v) is 6.96. The number of nitrogens with zero attached hydrogens (tertiary/aromatic N) is 3. The fourth-order valence-corrected chi connectivity index (χ4v) is 2.43. The second kappa shape index (κ2) is 5.47. The van der Waals surface area contributed by atoms with E-state index in [9.17, 15) is 4.79 Å². The number of furan rings is 1. The molecule has 0 aliphatic carbocycles. The number of pyridine rings is 1. The summed E-state index contributed by atoms with van der Waals surface area (Å²) in [6.45, 7) is 4.72. The highest BCUT2D eigenvalue weighted by atomic mass is 16.3. The average Bonchev–Trinajstić information content (AvgIpc) is 3.04. The van der Waals surface area contributed by atoms with Crippen molar-refractivity contribution in [1.29, 1.82) is 0 Å². The Morgan fingerprint density at radius 2 is 2.00 bits per heavy atom. The van der Waals surface area contributed by atoms with Crippen LogP contribution in [0.5, 0.6) is 0 Å². The maximum Gasteiger partial charge on any atom is 0.289 e. The van der Waals surface area contributed by atoms with Gasteiger partial charge in [-0.3, -0.25) is 4.79 Å². The van der Waals surface area contributed by atoms with Gasteiger partial charge in [-0.25, -0.2) is 4.98 Å². The molecule has 0 unspecified atom stereocenters. The fraction of sp³-hybridized carbons (Fsp3) is 0.333. The van der Waals surface area contributed by atoms with Gasteiger partial charge in [0.15, 0.2) is 5.76 Å². The number of anilines is 2. The second-order valence-electron chi connectivity index (χ2n) is 5.10. The molecule has 0 spiro atoms. The van der Waals surface area contributed by atoms with Crippen LogP contribution in [0.25, 0.3) is 0 Å². The molecule has 1 saturated heterocycles. The number of nitrogen functional groups attached to an aromatic ring is 1. The molecule has 2 aromatic heterocycles. The van der Waals surface area contributed by atoms with Crippen molar-refractivity contribution in [3.8, 4) is 0 Å². The topological polar surface area (TPSA) is 75.6 Å². The summed E-state index contributed by atoms with van der Waals surface area (Å²) >= 11 is 0. The molecule has 3 rings (SSSR count). The van der Waals surface area contributed by atoms with Gasteiger partial charge in [0, 0.05) is 26.2 Å². The van der Waals surface area contributed by atoms with Crippen molar-refractivity contribution >= 4 is 17.4 Å². The molecule has 3 heterocycles. The number of amides is 1. The zero-order chi connectivity index (χ0) is 14.8. The van der Waals surface area contributed by atoms with Crippen LogP contribution in [0.3, 0.4) is 0 Å². The summed E-state index contributed by atoms with van der Waals surface area (Å²) in [7, 11) is 0. The van der Waals surface area contributed by atoms with E-state index in [0.717, 1.165) is 24.6 Å². The van der Waals surface area contributed by atoms with Crippen molar-refractivity contribution in [3.63, 3.8) is 0 Å². The van der Waals surface area contributed by atoms with Crippen LogP contribution in [0.2, 0.25) is 0 Å². The van der Waals surface area contributed by atoms with Crippen LogP contribution in [-0.2, 0) is 0 Å². The van der Waals surface area contributed by atoms with Gasteiger partial charge in [0.05, 0.1) is 17.6 Å². The predicted molar refractivity (Wildman–Crippen MR) is 80.2 cm³/mol. The van der Waals surface area contributed by atoms with E-state index < -0.39 is 0 Å². The van der Waals surface area contributed by atoms with Gasteiger partial charge in [-0.05, 0) is 31.2 Å². The SMILES string of the molecule is Cc1nc(N2CCN(C(=O)c3ccco3)CC2)ccc1N. The number of carbonyl (C=O) groups is 1. The summed E-state index contributed by atoms with van der Waals surface area (Å²) in [5.74, 6) is 1.25. The smallest absolute Gasteiger partial charge is 0.289 e. The summed E-state index contributed by atoms with van der Waals surface area (Å²) in [5, 5.41) is 0. The molecule has 1 fully saturated rings. The van der Waals surface area contributed by atoms with Crippen LogP contribution in [0.1, 0.15) is 16.2 Å². The molecule has 6 nitrogen and oxygen atoms in total. The molecule has 2 aromatic rings. The Morgan fingerprint density at radius 1 is 1.24 bits per heavy atom. The number of rotatable bonds is 2. The van der Waals surface area contributed by atoms with E-state index >= 15 is 0 Å². The lowest BCUT2D eigenvalue weighted by molar-refractivity contribution is 0.0714. The standard InChI is InChI=1S/C15H18N4O2/c1-11-12(16)4-5-14(17-11)18-6-8-19(9-7-18)15(20)13-3-2-10-21-13/h2-5,10H,6-9,16H2,1H3. The third kappa shape index (κ3) is 2.69. The van der Waals surface area contributed by atoms with Gasteiger partial charge in [-0.2, -0.15) is 0 Å². The Hall–Kier alpha value is -2.50. The van der Waals surface area contributed by atoms with E-state index in [2.05, 4.69) is 9.88 Å². The van der Waals surface area contributed by atoms with Gasteiger partial charge in [0.2, 0.25) is 0 Å². The Labute approximate surface area is 123 Å². The van der Waals surface area contributed by atoms with Gasteiger partial charge in [0.25, 0.3) is 5.91 Å². The molecule has 110 valence electrons. The van der Waals surface area contributed by atoms with Crippen LogP contribution < -0.4 is 10.6 Å². The van der Waals surface area contributed by atoms with E-state index in [1.165, 1.54) is 6.26 Å². The van der Waals surface area contributed by atoms with Gasteiger partial charge < -0.3 is 20.0 Å². The summed E-state index contributed by atoms with van der Waals surface area (Å²) in [6, 6.07) is 7.22. The minimum atomic E-state index is -0.0545. The normalized spacial score (nSPS) is 15.3. The lowest BCUT2D eigenvalue weighted by atomic mass is 10.2. The van der Waals surface area contributed by atoms with Crippen molar-refractivity contribution < 1.29 is 9.21 Å². The number of hydrogen-bond acceptors (Lipinski definition) is 5. The molecular weight excluding hydrogens is 268 g/mol. The molecule has 0 atom stereocenters. The van der Waals surface area contributed by atoms with E-state index in [1.54, 1.807) is 17.0 Å². The summed E-state index contributed by atoms with van der Waals surface area (Å²) in [5.41, 5.74) is 7.32. The van der Waals surface area contributed by atoms with Gasteiger partial charge in [0.1, 0.15) is 5.82 Å². The summed E-state index contributed by atoms with van der Waals surface area (Å²) in [6.07, 6.45) is 1.52. The molecule has 6 heteroatoms. The van der Waals surface area contributed by atoms with Crippen molar-refractivity contribution in [2.24, 2.45) is 0 Å². The van der Waals surface area contributed by atoms with E-state index in [4.69, 9.17) is 10.2 Å². The molecule has 1 aliphatic heterocycles. The van der Waals surface area contributed by atoms with Crippen LogP contribution in [0.4, 0.5) is 11.5 Å². The molecule has 1 amide bonds. The number of nitrogens with two attached hydrogens (primary N) is 1. The highest BCUT2D eigenvalue weighted by Gasteiger charge is 2.24. The lowest BCUT2D eigenvalue weighted by Crippen LogP contribution is -2.49. The van der Waals surface area contributed by atoms with Crippen molar-refractivity contribution in [1.82, 2.24) is 9.88 Å². The Bertz CT molecular complexity index is 631. The number of hydrogen-bond donors (Lipinski definition) is 1. The third-order valence-electron chi connectivity index (χ3n) is 3.73. The van der Waals surface area contributed by atoms with E-state index in [1.807, 2.05) is 19.1 Å². The zero-order valence-corrected chi connectivity index (χ0v) is 12.0. The van der Waals surface area contributed by atoms with Gasteiger partial charge in [-0.1, -0.05) is 0 Å². The Kier molecular flexibility index (Phi) is 3.51. The molecule has 0 aromatic carbocycles. The lowest BCUT2D eigenvalue weighted by Gasteiger charge is -2.35. The monoisotopic (exact) mass is 286 g/mol. The first-order chi connectivity index (χ1) is 10.1. The quantitative estimate of drug-likeness (QED) is 0.906. The number of carbonyl (C=O) groups excluding carboxylic acids is 1. The van der Waals surface area contributed by atoms with Gasteiger partial charge in [-0.15, -0.1) is 0 Å². The highest BCUT2D eigenvalue weighted by molar-refractivity contribution is 5.91. The van der Waals surface area contributed by atoms with Crippen LogP contribution in [0.15, 0.2) is 34.9 Å². The number of aromatic nitrogens is 1. The molecule has 0 bridgehead atoms. The summed E-state index contributed by atoms with van der Waals surface area (Å²) in [4.78, 5) is 20.6. The molecule has 0 radical (unpaired) electrons. The maximum absolute atomic E-state index is 12.2. The number of aryl methyl sites for hydroxylation is 1. The highest BCUT2D eigenvalue weighted by Crippen LogP contribution is 2.18. The minimum absolute atomic E-state index is 0.0545. The maximum atomic E-state index is 12.2. The minimum Gasteiger partial charge on any atom is -0.459 e. The molecule has 21 heavy (non-hydrogen) atoms. The van der Waals surface area contributed by atoms with Crippen LogP contribution in [-0.4, -0.2) is 42.0 Å². The van der Waals surface area contributed by atoms with Crippen molar-refractivity contribution in [3.05, 3.63) is 42.0 Å². The van der Waals surface area contributed by atoms with Crippen molar-refractivity contribution in [2.75, 3.05) is 36.8 Å². The van der Waals surface area contributed by atoms with E-state index in [0.29, 0.717) is 24.5 Å². The number of piperazine rings is 1. The van der Waals surface area contributed by atoms with Crippen LogP contribution >= 0.6 is 0 Å². The van der Waals surface area contributed by atoms with Gasteiger partial charge >= 0.3 is 0 Å². The summed E-state index contributed by atoms with van der Waals surface area (Å²) < 4.78 is 5.16. The fourth-order valence-electron chi connectivity index (χ4n) is 2.43. The molecule has 2 N–H and O–H groups in total. The molecule has 1 aliphatic rings. The molecule has 0 saturated carbocycles. The van der Waals surface area contributed by atoms with E-state index in [-0.39, 0.29) is 5.91 Å². The largest absolute Gasteiger partial charge is 0.459 e.